The second kappa shape index (κ2) is 6.14. The quantitative estimate of drug-likeness (QED) is 0.507. The molecule has 0 heterocycles. The fourth-order valence-electron chi connectivity index (χ4n) is 1.84. The van der Waals surface area contributed by atoms with Gasteiger partial charge in [0.15, 0.2) is 5.78 Å². The third-order valence-corrected chi connectivity index (χ3v) is 4.20. The van der Waals surface area contributed by atoms with E-state index in [1.165, 1.54) is 6.07 Å². The fraction of sp³-hybridized carbons (Fsp3) is 0.133. The summed E-state index contributed by atoms with van der Waals surface area (Å²) in [4.78, 5) is 12.2. The monoisotopic (exact) mass is 402 g/mol. The number of hydrogen-bond acceptors (Lipinski definition) is 1. The Bertz CT molecular complexity index is 684. The summed E-state index contributed by atoms with van der Waals surface area (Å²) in [6.45, 7) is 1.85. The van der Waals surface area contributed by atoms with E-state index in [1.54, 1.807) is 12.1 Å². The molecule has 0 radical (unpaired) electrons. The van der Waals surface area contributed by atoms with Crippen LogP contribution >= 0.6 is 31.9 Å². The maximum atomic E-state index is 13.9. The average molecular weight is 404 g/mol. The van der Waals surface area contributed by atoms with E-state index in [2.05, 4.69) is 31.9 Å². The van der Waals surface area contributed by atoms with E-state index >= 15 is 0 Å². The van der Waals surface area contributed by atoms with Gasteiger partial charge in [-0.15, -0.1) is 0 Å². The molecule has 0 unspecified atom stereocenters. The highest BCUT2D eigenvalue weighted by Crippen LogP contribution is 2.25. The minimum absolute atomic E-state index is 0.144. The molecule has 2 rings (SSSR count). The van der Waals surface area contributed by atoms with Gasteiger partial charge in [0.25, 0.3) is 0 Å². The Morgan fingerprint density at radius 1 is 1.10 bits per heavy atom. The van der Waals surface area contributed by atoms with Crippen molar-refractivity contribution in [1.29, 1.82) is 0 Å². The van der Waals surface area contributed by atoms with Gasteiger partial charge < -0.3 is 0 Å². The van der Waals surface area contributed by atoms with E-state index in [9.17, 15) is 13.6 Å². The van der Waals surface area contributed by atoms with Crippen molar-refractivity contribution in [2.75, 3.05) is 0 Å². The molecule has 0 aliphatic rings. The zero-order valence-corrected chi connectivity index (χ0v) is 13.7. The molecule has 20 heavy (non-hydrogen) atoms. The van der Waals surface area contributed by atoms with E-state index in [4.69, 9.17) is 0 Å². The largest absolute Gasteiger partial charge is 0.294 e. The van der Waals surface area contributed by atoms with Crippen LogP contribution < -0.4 is 0 Å². The molecule has 0 bridgehead atoms. The first-order chi connectivity index (χ1) is 9.40. The van der Waals surface area contributed by atoms with Gasteiger partial charge in [-0.25, -0.2) is 8.78 Å². The zero-order chi connectivity index (χ0) is 14.9. The lowest BCUT2D eigenvalue weighted by Crippen LogP contribution is -2.08. The van der Waals surface area contributed by atoms with Crippen molar-refractivity contribution in [2.45, 2.75) is 13.3 Å². The van der Waals surface area contributed by atoms with Gasteiger partial charge in [0.2, 0.25) is 0 Å². The molecular weight excluding hydrogens is 394 g/mol. The smallest absolute Gasteiger partial charge is 0.168 e. The summed E-state index contributed by atoms with van der Waals surface area (Å²) in [5.41, 5.74) is 1.10. The van der Waals surface area contributed by atoms with Gasteiger partial charge in [-0.05, 0) is 47.1 Å². The van der Waals surface area contributed by atoms with Gasteiger partial charge in [0.1, 0.15) is 11.6 Å². The molecule has 2 aromatic carbocycles. The van der Waals surface area contributed by atoms with Crippen molar-refractivity contribution in [3.05, 3.63) is 67.6 Å². The van der Waals surface area contributed by atoms with Crippen LogP contribution in [-0.4, -0.2) is 5.78 Å². The summed E-state index contributed by atoms with van der Waals surface area (Å²) in [6.07, 6.45) is -0.320. The van der Waals surface area contributed by atoms with Crippen molar-refractivity contribution < 1.29 is 13.6 Å². The molecule has 0 N–H and O–H groups in total. The SMILES string of the molecule is Cc1ccc(Br)c(C(=O)Cc2c(F)ccc(Br)c2F)c1. The van der Waals surface area contributed by atoms with Gasteiger partial charge in [0.05, 0.1) is 4.47 Å². The van der Waals surface area contributed by atoms with Crippen LogP contribution in [0.1, 0.15) is 21.5 Å². The summed E-state index contributed by atoms with van der Waals surface area (Å²) >= 11 is 6.27. The van der Waals surface area contributed by atoms with Crippen molar-refractivity contribution >= 4 is 37.6 Å². The lowest BCUT2D eigenvalue weighted by Gasteiger charge is -2.08. The highest BCUT2D eigenvalue weighted by atomic mass is 79.9. The van der Waals surface area contributed by atoms with Crippen LogP contribution in [0.2, 0.25) is 0 Å². The Morgan fingerprint density at radius 3 is 2.45 bits per heavy atom. The zero-order valence-electron chi connectivity index (χ0n) is 10.5. The predicted molar refractivity (Wildman–Crippen MR) is 81.0 cm³/mol. The topological polar surface area (TPSA) is 17.1 Å². The number of aryl methyl sites for hydroxylation is 1. The lowest BCUT2D eigenvalue weighted by atomic mass is 10.0. The lowest BCUT2D eigenvalue weighted by molar-refractivity contribution is 0.0989. The molecule has 0 aliphatic heterocycles. The second-order valence-electron chi connectivity index (χ2n) is 4.40. The number of benzene rings is 2. The number of carbonyl (C=O) groups is 1. The number of ketones is 1. The Labute approximate surface area is 132 Å². The summed E-state index contributed by atoms with van der Waals surface area (Å²) in [7, 11) is 0. The van der Waals surface area contributed by atoms with Crippen LogP contribution in [0.5, 0.6) is 0 Å². The molecule has 0 saturated heterocycles. The predicted octanol–water partition coefficient (Wildman–Crippen LogP) is 5.22. The van der Waals surface area contributed by atoms with Crippen LogP contribution in [0.15, 0.2) is 39.3 Å². The molecule has 2 aromatic rings. The van der Waals surface area contributed by atoms with Crippen LogP contribution in [0.4, 0.5) is 8.78 Å². The van der Waals surface area contributed by atoms with E-state index in [0.717, 1.165) is 11.6 Å². The Hall–Kier alpha value is -1.07. The molecule has 5 heteroatoms. The number of hydrogen-bond donors (Lipinski definition) is 0. The molecule has 0 aromatic heterocycles. The standard InChI is InChI=1S/C15H10Br2F2O/c1-8-2-3-11(16)9(6-8)14(20)7-10-13(18)5-4-12(17)15(10)19/h2-6H,7H2,1H3. The molecule has 0 spiro atoms. The molecule has 104 valence electrons. The molecule has 0 saturated carbocycles. The minimum atomic E-state index is -0.734. The van der Waals surface area contributed by atoms with Crippen molar-refractivity contribution in [3.63, 3.8) is 0 Å². The fourth-order valence-corrected chi connectivity index (χ4v) is 2.68. The van der Waals surface area contributed by atoms with E-state index in [-0.39, 0.29) is 22.2 Å². The average Bonchev–Trinajstić information content (AvgIpc) is 2.41. The minimum Gasteiger partial charge on any atom is -0.294 e. The Balaban J connectivity index is 2.38. The highest BCUT2D eigenvalue weighted by Gasteiger charge is 2.18. The molecule has 0 atom stereocenters. The summed E-state index contributed by atoms with van der Waals surface area (Å²) in [5.74, 6) is -1.79. The normalized spacial score (nSPS) is 10.7. The number of rotatable bonds is 3. The van der Waals surface area contributed by atoms with Gasteiger partial charge in [-0.3, -0.25) is 4.79 Å². The van der Waals surface area contributed by atoms with Gasteiger partial charge in [0, 0.05) is 22.0 Å². The van der Waals surface area contributed by atoms with Crippen molar-refractivity contribution in [1.82, 2.24) is 0 Å². The maximum Gasteiger partial charge on any atom is 0.168 e. The number of halogens is 4. The molecule has 1 nitrogen and oxygen atoms in total. The summed E-state index contributed by atoms with van der Waals surface area (Å²) in [5, 5.41) is 0. The second-order valence-corrected chi connectivity index (χ2v) is 6.11. The first kappa shape index (κ1) is 15.3. The third-order valence-electron chi connectivity index (χ3n) is 2.90. The molecule has 0 amide bonds. The van der Waals surface area contributed by atoms with E-state index < -0.39 is 11.6 Å². The first-order valence-electron chi connectivity index (χ1n) is 5.82. The summed E-state index contributed by atoms with van der Waals surface area (Å²) < 4.78 is 28.3. The van der Waals surface area contributed by atoms with E-state index in [0.29, 0.717) is 10.0 Å². The number of carbonyl (C=O) groups excluding carboxylic acids is 1. The molecular formula is C15H10Br2F2O. The van der Waals surface area contributed by atoms with Crippen LogP contribution in [0.25, 0.3) is 0 Å². The van der Waals surface area contributed by atoms with Crippen LogP contribution in [0, 0.1) is 18.6 Å². The first-order valence-corrected chi connectivity index (χ1v) is 7.40. The Kier molecular flexibility index (Phi) is 4.70. The van der Waals surface area contributed by atoms with E-state index in [1.807, 2.05) is 13.0 Å². The van der Waals surface area contributed by atoms with Crippen LogP contribution in [0.3, 0.4) is 0 Å². The highest BCUT2D eigenvalue weighted by molar-refractivity contribution is 9.10. The molecule has 0 fully saturated rings. The molecule has 0 aliphatic carbocycles. The van der Waals surface area contributed by atoms with Gasteiger partial charge in [-0.1, -0.05) is 27.6 Å². The van der Waals surface area contributed by atoms with Crippen LogP contribution in [-0.2, 0) is 6.42 Å². The van der Waals surface area contributed by atoms with Crippen molar-refractivity contribution in [2.24, 2.45) is 0 Å². The van der Waals surface area contributed by atoms with Gasteiger partial charge in [-0.2, -0.15) is 0 Å². The Morgan fingerprint density at radius 2 is 1.75 bits per heavy atom. The van der Waals surface area contributed by atoms with Crippen molar-refractivity contribution in [3.8, 4) is 0 Å². The maximum absolute atomic E-state index is 13.9. The summed E-state index contributed by atoms with van der Waals surface area (Å²) in [6, 6.07) is 7.71. The van der Waals surface area contributed by atoms with Gasteiger partial charge >= 0.3 is 0 Å². The third kappa shape index (κ3) is 3.15. The number of Topliss-reactive ketones (excluding diaryl/α,β-unsaturated/α-hetero) is 1.